The van der Waals surface area contributed by atoms with Crippen LogP contribution in [0.2, 0.25) is 0 Å². The molecule has 7 heteroatoms. The van der Waals surface area contributed by atoms with Crippen LogP contribution in [0.1, 0.15) is 12.5 Å². The largest absolute Gasteiger partial charge is 0.493 e. The molecule has 3 rings (SSSR count). The highest BCUT2D eigenvalue weighted by molar-refractivity contribution is 5.82. The molecule has 0 aliphatic rings. The van der Waals surface area contributed by atoms with Crippen molar-refractivity contribution in [2.75, 3.05) is 14.2 Å². The van der Waals surface area contributed by atoms with Crippen molar-refractivity contribution in [3.8, 4) is 23.0 Å². The van der Waals surface area contributed by atoms with E-state index in [0.29, 0.717) is 40.5 Å². The van der Waals surface area contributed by atoms with Gasteiger partial charge in [-0.1, -0.05) is 6.92 Å². The van der Waals surface area contributed by atoms with Gasteiger partial charge in [-0.3, -0.25) is 10.1 Å². The Morgan fingerprint density at radius 2 is 1.92 bits per heavy atom. The van der Waals surface area contributed by atoms with Gasteiger partial charge < -0.3 is 13.9 Å². The number of rotatable bonds is 5. The van der Waals surface area contributed by atoms with Crippen molar-refractivity contribution in [1.29, 1.82) is 0 Å². The molecule has 0 N–H and O–H groups in total. The molecule has 0 bridgehead atoms. The maximum atomic E-state index is 11.1. The van der Waals surface area contributed by atoms with Gasteiger partial charge in [0.15, 0.2) is 17.1 Å². The predicted octanol–water partition coefficient (Wildman–Crippen LogP) is 3.98. The molecule has 0 aliphatic carbocycles. The number of aryl methyl sites for hydroxylation is 1. The third kappa shape index (κ3) is 2.64. The molecule has 0 saturated heterocycles. The van der Waals surface area contributed by atoms with E-state index in [2.05, 4.69) is 4.98 Å². The number of oxazole rings is 1. The summed E-state index contributed by atoms with van der Waals surface area (Å²) in [6.07, 6.45) is 0.610. The molecule has 7 nitrogen and oxygen atoms in total. The van der Waals surface area contributed by atoms with Crippen molar-refractivity contribution in [2.24, 2.45) is 0 Å². The first-order chi connectivity index (χ1) is 11.6. The number of methoxy groups -OCH3 is 2. The van der Waals surface area contributed by atoms with Gasteiger partial charge >= 0.3 is 0 Å². The van der Waals surface area contributed by atoms with Gasteiger partial charge in [0.1, 0.15) is 5.52 Å². The molecule has 0 radical (unpaired) electrons. The standard InChI is InChI=1S/C17H16N2O5/c1-4-10-7-12(19(20)21)9-13-16(10)24-17(18-13)11-5-6-14(22-2)15(8-11)23-3/h5-9H,4H2,1-3H3. The van der Waals surface area contributed by atoms with Gasteiger partial charge in [0.05, 0.1) is 19.1 Å². The highest BCUT2D eigenvalue weighted by Gasteiger charge is 2.18. The minimum atomic E-state index is -0.427. The Morgan fingerprint density at radius 1 is 1.17 bits per heavy atom. The van der Waals surface area contributed by atoms with E-state index in [0.717, 1.165) is 5.56 Å². The lowest BCUT2D eigenvalue weighted by Crippen LogP contribution is -1.91. The lowest BCUT2D eigenvalue weighted by molar-refractivity contribution is -0.384. The van der Waals surface area contributed by atoms with Crippen LogP contribution in [0.3, 0.4) is 0 Å². The van der Waals surface area contributed by atoms with Crippen molar-refractivity contribution < 1.29 is 18.8 Å². The average molecular weight is 328 g/mol. The van der Waals surface area contributed by atoms with E-state index in [1.165, 1.54) is 12.1 Å². The van der Waals surface area contributed by atoms with E-state index < -0.39 is 4.92 Å². The first-order valence-electron chi connectivity index (χ1n) is 7.37. The monoisotopic (exact) mass is 328 g/mol. The number of ether oxygens (including phenoxy) is 2. The lowest BCUT2D eigenvalue weighted by atomic mass is 10.1. The molecule has 0 atom stereocenters. The van der Waals surface area contributed by atoms with Crippen molar-refractivity contribution in [3.63, 3.8) is 0 Å². The number of hydrogen-bond donors (Lipinski definition) is 0. The molecule has 2 aromatic carbocycles. The van der Waals surface area contributed by atoms with Crippen molar-refractivity contribution in [1.82, 2.24) is 4.98 Å². The second-order valence-corrected chi connectivity index (χ2v) is 5.15. The van der Waals surface area contributed by atoms with Crippen molar-refractivity contribution >= 4 is 16.8 Å². The number of nitro benzene ring substituents is 1. The summed E-state index contributed by atoms with van der Waals surface area (Å²) in [5, 5.41) is 11.1. The highest BCUT2D eigenvalue weighted by atomic mass is 16.6. The van der Waals surface area contributed by atoms with E-state index in [1.807, 2.05) is 6.92 Å². The average Bonchev–Trinajstić information content (AvgIpc) is 3.04. The zero-order chi connectivity index (χ0) is 17.3. The molecule has 0 saturated carbocycles. The Bertz CT molecular complexity index is 917. The third-order valence-electron chi connectivity index (χ3n) is 3.77. The fourth-order valence-electron chi connectivity index (χ4n) is 2.55. The van der Waals surface area contributed by atoms with Crippen molar-refractivity contribution in [2.45, 2.75) is 13.3 Å². The van der Waals surface area contributed by atoms with E-state index in [-0.39, 0.29) is 5.69 Å². The number of nitro groups is 1. The number of hydrogen-bond acceptors (Lipinski definition) is 6. The second kappa shape index (κ2) is 6.19. The molecule has 0 unspecified atom stereocenters. The molecule has 1 heterocycles. The van der Waals surface area contributed by atoms with E-state index >= 15 is 0 Å². The maximum absolute atomic E-state index is 11.1. The first kappa shape index (κ1) is 15.8. The zero-order valence-corrected chi connectivity index (χ0v) is 13.5. The molecule has 0 fully saturated rings. The number of benzene rings is 2. The third-order valence-corrected chi connectivity index (χ3v) is 3.77. The molecular weight excluding hydrogens is 312 g/mol. The molecule has 0 spiro atoms. The summed E-state index contributed by atoms with van der Waals surface area (Å²) in [5.41, 5.74) is 2.48. The Kier molecular flexibility index (Phi) is 4.07. The van der Waals surface area contributed by atoms with Crippen LogP contribution in [0.4, 0.5) is 5.69 Å². The molecule has 24 heavy (non-hydrogen) atoms. The highest BCUT2D eigenvalue weighted by Crippen LogP contribution is 2.35. The van der Waals surface area contributed by atoms with Crippen LogP contribution >= 0.6 is 0 Å². The van der Waals surface area contributed by atoms with Gasteiger partial charge in [-0.05, 0) is 24.6 Å². The van der Waals surface area contributed by atoms with Gasteiger partial charge in [-0.25, -0.2) is 4.98 Å². The van der Waals surface area contributed by atoms with Gasteiger partial charge in [-0.15, -0.1) is 0 Å². The van der Waals surface area contributed by atoms with Crippen LogP contribution in [-0.2, 0) is 6.42 Å². The molecule has 3 aromatic rings. The van der Waals surface area contributed by atoms with Gasteiger partial charge in [0.2, 0.25) is 5.89 Å². The normalized spacial score (nSPS) is 10.8. The first-order valence-corrected chi connectivity index (χ1v) is 7.37. The molecule has 1 aromatic heterocycles. The van der Waals surface area contributed by atoms with Crippen LogP contribution in [0.25, 0.3) is 22.6 Å². The van der Waals surface area contributed by atoms with Crippen LogP contribution in [0.5, 0.6) is 11.5 Å². The SMILES string of the molecule is CCc1cc([N+](=O)[O-])cc2nc(-c3ccc(OC)c(OC)c3)oc12. The molecule has 0 aliphatic heterocycles. The summed E-state index contributed by atoms with van der Waals surface area (Å²) < 4.78 is 16.4. The van der Waals surface area contributed by atoms with E-state index in [1.54, 1.807) is 32.4 Å². The predicted molar refractivity (Wildman–Crippen MR) is 88.6 cm³/mol. The minimum Gasteiger partial charge on any atom is -0.493 e. The van der Waals surface area contributed by atoms with E-state index in [4.69, 9.17) is 13.9 Å². The maximum Gasteiger partial charge on any atom is 0.272 e. The van der Waals surface area contributed by atoms with E-state index in [9.17, 15) is 10.1 Å². The zero-order valence-electron chi connectivity index (χ0n) is 13.5. The molecule has 0 amide bonds. The second-order valence-electron chi connectivity index (χ2n) is 5.15. The minimum absolute atomic E-state index is 0.00603. The number of fused-ring (bicyclic) bond motifs is 1. The Morgan fingerprint density at radius 3 is 2.54 bits per heavy atom. The number of non-ortho nitro benzene ring substituents is 1. The fraction of sp³-hybridized carbons (Fsp3) is 0.235. The van der Waals surface area contributed by atoms with Crippen LogP contribution < -0.4 is 9.47 Å². The topological polar surface area (TPSA) is 87.6 Å². The lowest BCUT2D eigenvalue weighted by Gasteiger charge is -2.07. The summed E-state index contributed by atoms with van der Waals surface area (Å²) in [7, 11) is 3.11. The summed E-state index contributed by atoms with van der Waals surface area (Å²) in [4.78, 5) is 15.0. The summed E-state index contributed by atoms with van der Waals surface area (Å²) in [6.45, 7) is 1.91. The van der Waals surface area contributed by atoms with Crippen LogP contribution in [0.15, 0.2) is 34.7 Å². The quantitative estimate of drug-likeness (QED) is 0.520. The van der Waals surface area contributed by atoms with Crippen LogP contribution in [0, 0.1) is 10.1 Å². The fourth-order valence-corrected chi connectivity index (χ4v) is 2.55. The van der Waals surface area contributed by atoms with Gasteiger partial charge in [-0.2, -0.15) is 0 Å². The number of aromatic nitrogens is 1. The molecular formula is C17H16N2O5. The van der Waals surface area contributed by atoms with Gasteiger partial charge in [0, 0.05) is 23.3 Å². The summed E-state index contributed by atoms with van der Waals surface area (Å²) in [6, 6.07) is 8.25. The summed E-state index contributed by atoms with van der Waals surface area (Å²) >= 11 is 0. The van der Waals surface area contributed by atoms with Crippen molar-refractivity contribution in [3.05, 3.63) is 46.0 Å². The number of nitrogens with zero attached hydrogens (tertiary/aromatic N) is 2. The smallest absolute Gasteiger partial charge is 0.272 e. The Hall–Kier alpha value is -3.09. The Labute approximate surface area is 138 Å². The Balaban J connectivity index is 2.16. The van der Waals surface area contributed by atoms with Crippen LogP contribution in [-0.4, -0.2) is 24.1 Å². The summed E-state index contributed by atoms with van der Waals surface area (Å²) in [5.74, 6) is 1.53. The molecule has 124 valence electrons. The van der Waals surface area contributed by atoms with Gasteiger partial charge in [0.25, 0.3) is 5.69 Å².